The SMILES string of the molecule is FC(F)(F)CCNc1ccc(Br)cc1C(F)(F)F. The molecule has 0 bridgehead atoms. The summed E-state index contributed by atoms with van der Waals surface area (Å²) >= 11 is 2.88. The highest BCUT2D eigenvalue weighted by Gasteiger charge is 2.34. The van der Waals surface area contributed by atoms with Gasteiger partial charge in [-0.3, -0.25) is 0 Å². The Bertz CT molecular complexity index is 412. The van der Waals surface area contributed by atoms with Gasteiger partial charge in [0.2, 0.25) is 0 Å². The molecule has 0 amide bonds. The summed E-state index contributed by atoms with van der Waals surface area (Å²) in [5.41, 5.74) is -1.37. The smallest absolute Gasteiger partial charge is 0.384 e. The Morgan fingerprint density at radius 1 is 1.06 bits per heavy atom. The van der Waals surface area contributed by atoms with Gasteiger partial charge in [-0.2, -0.15) is 26.3 Å². The van der Waals surface area contributed by atoms with E-state index < -0.39 is 30.9 Å². The monoisotopic (exact) mass is 335 g/mol. The van der Waals surface area contributed by atoms with Gasteiger partial charge < -0.3 is 5.32 Å². The van der Waals surface area contributed by atoms with Crippen molar-refractivity contribution in [2.75, 3.05) is 11.9 Å². The second-order valence-electron chi connectivity index (χ2n) is 3.48. The standard InChI is InChI=1S/C10H8BrF6N/c11-6-1-2-8(7(5-6)10(15,16)17)18-4-3-9(12,13)14/h1-2,5,18H,3-4H2. The molecule has 0 unspecified atom stereocenters. The molecular formula is C10H8BrF6N. The van der Waals surface area contributed by atoms with Gasteiger partial charge >= 0.3 is 12.4 Å². The summed E-state index contributed by atoms with van der Waals surface area (Å²) < 4.78 is 73.7. The maximum atomic E-state index is 12.6. The summed E-state index contributed by atoms with van der Waals surface area (Å²) in [4.78, 5) is 0. The highest BCUT2D eigenvalue weighted by molar-refractivity contribution is 9.10. The maximum absolute atomic E-state index is 12.6. The Balaban J connectivity index is 2.83. The fourth-order valence-electron chi connectivity index (χ4n) is 1.24. The normalized spacial score (nSPS) is 12.6. The summed E-state index contributed by atoms with van der Waals surface area (Å²) in [5, 5.41) is 2.14. The van der Waals surface area contributed by atoms with Gasteiger partial charge in [-0.15, -0.1) is 0 Å². The molecule has 0 fully saturated rings. The molecule has 1 N–H and O–H groups in total. The largest absolute Gasteiger partial charge is 0.418 e. The first-order valence-electron chi connectivity index (χ1n) is 4.77. The number of rotatable bonds is 3. The van der Waals surface area contributed by atoms with E-state index in [4.69, 9.17) is 0 Å². The molecule has 0 heterocycles. The van der Waals surface area contributed by atoms with E-state index in [0.717, 1.165) is 12.1 Å². The van der Waals surface area contributed by atoms with Crippen LogP contribution in [-0.4, -0.2) is 12.7 Å². The van der Waals surface area contributed by atoms with Crippen molar-refractivity contribution in [3.63, 3.8) is 0 Å². The van der Waals surface area contributed by atoms with Crippen molar-refractivity contribution in [3.05, 3.63) is 28.2 Å². The van der Waals surface area contributed by atoms with Gasteiger partial charge in [-0.05, 0) is 18.2 Å². The molecule has 0 aliphatic rings. The first-order valence-corrected chi connectivity index (χ1v) is 5.56. The van der Waals surface area contributed by atoms with Crippen molar-refractivity contribution in [1.29, 1.82) is 0 Å². The summed E-state index contributed by atoms with van der Waals surface area (Å²) in [6, 6.07) is 3.23. The number of halogens is 7. The van der Waals surface area contributed by atoms with Crippen LogP contribution in [0.2, 0.25) is 0 Å². The van der Waals surface area contributed by atoms with Crippen molar-refractivity contribution >= 4 is 21.6 Å². The predicted molar refractivity (Wildman–Crippen MR) is 58.3 cm³/mol. The summed E-state index contributed by atoms with van der Waals surface area (Å²) in [7, 11) is 0. The van der Waals surface area contributed by atoms with Gasteiger partial charge in [0, 0.05) is 16.7 Å². The number of anilines is 1. The lowest BCUT2D eigenvalue weighted by Crippen LogP contribution is -2.17. The molecular weight excluding hydrogens is 328 g/mol. The van der Waals surface area contributed by atoms with Gasteiger partial charge in [0.25, 0.3) is 0 Å². The molecule has 1 aromatic rings. The van der Waals surface area contributed by atoms with E-state index in [-0.39, 0.29) is 10.2 Å². The second kappa shape index (κ2) is 5.38. The molecule has 0 aliphatic carbocycles. The van der Waals surface area contributed by atoms with E-state index in [1.165, 1.54) is 6.07 Å². The number of benzene rings is 1. The minimum atomic E-state index is -4.62. The molecule has 0 saturated carbocycles. The van der Waals surface area contributed by atoms with Gasteiger partial charge in [-0.25, -0.2) is 0 Å². The zero-order valence-corrected chi connectivity index (χ0v) is 10.4. The molecule has 0 aliphatic heterocycles. The lowest BCUT2D eigenvalue weighted by atomic mass is 10.1. The Morgan fingerprint density at radius 2 is 1.67 bits per heavy atom. The van der Waals surface area contributed by atoms with E-state index >= 15 is 0 Å². The predicted octanol–water partition coefficient (Wildman–Crippen LogP) is 4.83. The lowest BCUT2D eigenvalue weighted by Gasteiger charge is -2.15. The van der Waals surface area contributed by atoms with Crippen molar-refractivity contribution in [2.24, 2.45) is 0 Å². The Morgan fingerprint density at radius 3 is 2.17 bits per heavy atom. The van der Waals surface area contributed by atoms with Crippen LogP contribution >= 0.6 is 15.9 Å². The van der Waals surface area contributed by atoms with Gasteiger partial charge in [-0.1, -0.05) is 15.9 Å². The van der Waals surface area contributed by atoms with Crippen LogP contribution in [0.1, 0.15) is 12.0 Å². The molecule has 102 valence electrons. The van der Waals surface area contributed by atoms with Crippen molar-refractivity contribution in [3.8, 4) is 0 Å². The highest BCUT2D eigenvalue weighted by atomic mass is 79.9. The minimum absolute atomic E-state index is 0.205. The molecule has 0 atom stereocenters. The molecule has 8 heteroatoms. The number of nitrogens with one attached hydrogen (secondary N) is 1. The van der Waals surface area contributed by atoms with Crippen molar-refractivity contribution < 1.29 is 26.3 Å². The topological polar surface area (TPSA) is 12.0 Å². The third-order valence-corrected chi connectivity index (χ3v) is 2.50. The quantitative estimate of drug-likeness (QED) is 0.780. The van der Waals surface area contributed by atoms with Crippen LogP contribution in [0.5, 0.6) is 0 Å². The van der Waals surface area contributed by atoms with E-state index in [0.29, 0.717) is 0 Å². The Labute approximate surface area is 107 Å². The Kier molecular flexibility index (Phi) is 4.52. The van der Waals surface area contributed by atoms with Crippen molar-refractivity contribution in [2.45, 2.75) is 18.8 Å². The molecule has 0 aromatic heterocycles. The van der Waals surface area contributed by atoms with Crippen LogP contribution in [0.25, 0.3) is 0 Å². The molecule has 1 aromatic carbocycles. The third-order valence-electron chi connectivity index (χ3n) is 2.01. The zero-order valence-electron chi connectivity index (χ0n) is 8.79. The lowest BCUT2D eigenvalue weighted by molar-refractivity contribution is -0.137. The van der Waals surface area contributed by atoms with Gasteiger partial charge in [0.15, 0.2) is 0 Å². The van der Waals surface area contributed by atoms with Gasteiger partial charge in [0.05, 0.1) is 12.0 Å². The Hall–Kier alpha value is -0.920. The van der Waals surface area contributed by atoms with E-state index in [1.807, 2.05) is 0 Å². The molecule has 0 saturated heterocycles. The minimum Gasteiger partial charge on any atom is -0.384 e. The first-order chi connectivity index (χ1) is 8.09. The maximum Gasteiger partial charge on any atom is 0.418 e. The fourth-order valence-corrected chi connectivity index (χ4v) is 1.61. The number of hydrogen-bond acceptors (Lipinski definition) is 1. The van der Waals surface area contributed by atoms with Crippen molar-refractivity contribution in [1.82, 2.24) is 0 Å². The average Bonchev–Trinajstić information content (AvgIpc) is 2.17. The van der Waals surface area contributed by atoms with E-state index in [2.05, 4.69) is 21.2 Å². The van der Waals surface area contributed by atoms with E-state index in [9.17, 15) is 26.3 Å². The van der Waals surface area contributed by atoms with Crippen LogP contribution in [0.4, 0.5) is 32.0 Å². The first kappa shape index (κ1) is 15.1. The summed E-state index contributed by atoms with van der Waals surface area (Å²) in [5.74, 6) is 0. The molecule has 0 radical (unpaired) electrons. The van der Waals surface area contributed by atoms with Crippen LogP contribution in [0.3, 0.4) is 0 Å². The molecule has 0 spiro atoms. The second-order valence-corrected chi connectivity index (χ2v) is 4.40. The summed E-state index contributed by atoms with van der Waals surface area (Å²) in [6.07, 6.45) is -10.2. The summed E-state index contributed by atoms with van der Waals surface area (Å²) in [6.45, 7) is -0.603. The number of alkyl halides is 6. The van der Waals surface area contributed by atoms with Gasteiger partial charge in [0.1, 0.15) is 0 Å². The molecule has 1 nitrogen and oxygen atoms in total. The third kappa shape index (κ3) is 4.75. The van der Waals surface area contributed by atoms with Crippen LogP contribution in [0, 0.1) is 0 Å². The van der Waals surface area contributed by atoms with Crippen LogP contribution < -0.4 is 5.32 Å². The molecule has 1 rings (SSSR count). The van der Waals surface area contributed by atoms with Crippen LogP contribution in [0.15, 0.2) is 22.7 Å². The van der Waals surface area contributed by atoms with E-state index in [1.54, 1.807) is 0 Å². The molecule has 18 heavy (non-hydrogen) atoms. The average molecular weight is 336 g/mol. The highest BCUT2D eigenvalue weighted by Crippen LogP contribution is 2.36. The van der Waals surface area contributed by atoms with Crippen LogP contribution in [-0.2, 0) is 6.18 Å². The fraction of sp³-hybridized carbons (Fsp3) is 0.400. The zero-order chi connectivity index (χ0) is 14.0. The number of hydrogen-bond donors (Lipinski definition) is 1.